The van der Waals surface area contributed by atoms with E-state index in [-0.39, 0.29) is 5.82 Å². The molecule has 0 saturated carbocycles. The minimum Gasteiger partial charge on any atom is -0.479 e. The highest BCUT2D eigenvalue weighted by atomic mass is 19.4. The summed E-state index contributed by atoms with van der Waals surface area (Å²) in [6.45, 7) is 3.96. The minimum absolute atomic E-state index is 0.155. The van der Waals surface area contributed by atoms with Gasteiger partial charge in [0.2, 0.25) is 5.88 Å². The Bertz CT molecular complexity index is 1150. The van der Waals surface area contributed by atoms with Crippen LogP contribution in [0.2, 0.25) is 0 Å². The number of alkyl halides is 3. The molecule has 2 heterocycles. The van der Waals surface area contributed by atoms with Gasteiger partial charge in [0.25, 0.3) is 0 Å². The number of aromatic nitrogens is 2. The van der Waals surface area contributed by atoms with Crippen LogP contribution in [0.15, 0.2) is 54.6 Å². The van der Waals surface area contributed by atoms with Crippen molar-refractivity contribution in [3.05, 3.63) is 71.5 Å². The topological polar surface area (TPSA) is 94.6 Å². The number of ether oxygens (including phenoxy) is 2. The lowest BCUT2D eigenvalue weighted by Gasteiger charge is -2.15. The molecule has 2 amide bonds. The number of methoxy groups -OCH3 is 2. The first-order valence-corrected chi connectivity index (χ1v) is 11.5. The Hall–Kier alpha value is -3.64. The number of rotatable bonds is 7. The molecule has 0 spiro atoms. The van der Waals surface area contributed by atoms with Gasteiger partial charge in [-0.05, 0) is 48.7 Å². The van der Waals surface area contributed by atoms with Crippen molar-refractivity contribution in [1.82, 2.24) is 14.7 Å². The normalized spacial score (nSPS) is 15.7. The molecule has 4 rings (SSSR count). The standard InChI is InChI=1S/C13H18FNO.C12H11F3N4O2/c1-16-9-8-15-7-6-12(10-15)11-2-4-13(14)5-3-11;1-21-10-8(12(13,14)15)9(17-11(16)20)19(18-10)7-5-3-2-4-6-7/h2-5,12H,6-10H2,1H3;2-6H,1H3,(H3,16,17,20). The number of benzene rings is 2. The Morgan fingerprint density at radius 3 is 2.38 bits per heavy atom. The average molecular weight is 524 g/mol. The molecule has 12 heteroatoms. The maximum absolute atomic E-state index is 13.1. The van der Waals surface area contributed by atoms with Crippen LogP contribution in [0.3, 0.4) is 0 Å². The maximum Gasteiger partial charge on any atom is 0.425 e. The van der Waals surface area contributed by atoms with Gasteiger partial charge in [-0.25, -0.2) is 13.9 Å². The van der Waals surface area contributed by atoms with Crippen LogP contribution >= 0.6 is 0 Å². The number of para-hydroxylation sites is 1. The van der Waals surface area contributed by atoms with Crippen LogP contribution in [-0.2, 0) is 10.9 Å². The van der Waals surface area contributed by atoms with Gasteiger partial charge in [0.05, 0.1) is 19.4 Å². The molecule has 2 aromatic carbocycles. The van der Waals surface area contributed by atoms with Crippen LogP contribution in [0.25, 0.3) is 5.69 Å². The zero-order valence-corrected chi connectivity index (χ0v) is 20.5. The van der Waals surface area contributed by atoms with Crippen molar-refractivity contribution in [2.24, 2.45) is 5.73 Å². The molecule has 1 aliphatic rings. The molecule has 1 saturated heterocycles. The number of likely N-dealkylation sites (tertiary alicyclic amines) is 1. The highest BCUT2D eigenvalue weighted by Gasteiger charge is 2.42. The second-order valence-corrected chi connectivity index (χ2v) is 8.30. The first-order valence-electron chi connectivity index (χ1n) is 11.5. The molecule has 0 bridgehead atoms. The van der Waals surface area contributed by atoms with Crippen molar-refractivity contribution in [3.8, 4) is 11.6 Å². The quantitative estimate of drug-likeness (QED) is 0.440. The Morgan fingerprint density at radius 1 is 1.14 bits per heavy atom. The predicted molar refractivity (Wildman–Crippen MR) is 130 cm³/mol. The van der Waals surface area contributed by atoms with Gasteiger partial charge in [-0.1, -0.05) is 30.3 Å². The second kappa shape index (κ2) is 12.5. The van der Waals surface area contributed by atoms with E-state index in [0.717, 1.165) is 44.5 Å². The van der Waals surface area contributed by atoms with Gasteiger partial charge in [0.15, 0.2) is 11.4 Å². The molecule has 1 fully saturated rings. The third-order valence-electron chi connectivity index (χ3n) is 5.80. The van der Waals surface area contributed by atoms with E-state index < -0.39 is 29.5 Å². The number of carbonyl (C=O) groups excluding carboxylic acids is 1. The molecule has 1 unspecified atom stereocenters. The van der Waals surface area contributed by atoms with Gasteiger partial charge in [-0.15, -0.1) is 5.10 Å². The van der Waals surface area contributed by atoms with Gasteiger partial charge in [0, 0.05) is 20.2 Å². The van der Waals surface area contributed by atoms with Crippen molar-refractivity contribution < 1.29 is 31.8 Å². The summed E-state index contributed by atoms with van der Waals surface area (Å²) in [7, 11) is 2.79. The van der Waals surface area contributed by atoms with Crippen molar-refractivity contribution in [1.29, 1.82) is 0 Å². The number of nitrogens with zero attached hydrogens (tertiary/aromatic N) is 3. The summed E-state index contributed by atoms with van der Waals surface area (Å²) in [6.07, 6.45) is -3.61. The summed E-state index contributed by atoms with van der Waals surface area (Å²) < 4.78 is 62.9. The molecule has 200 valence electrons. The molecule has 1 atom stereocenters. The number of primary amides is 1. The number of hydrogen-bond acceptors (Lipinski definition) is 5. The minimum atomic E-state index is -4.77. The number of hydrogen-bond donors (Lipinski definition) is 2. The smallest absolute Gasteiger partial charge is 0.425 e. The lowest BCUT2D eigenvalue weighted by atomic mass is 9.99. The first-order chi connectivity index (χ1) is 17.6. The molecule has 1 aliphatic heterocycles. The highest BCUT2D eigenvalue weighted by molar-refractivity contribution is 5.88. The fraction of sp³-hybridized carbons (Fsp3) is 0.360. The van der Waals surface area contributed by atoms with Crippen LogP contribution in [0, 0.1) is 5.82 Å². The van der Waals surface area contributed by atoms with Gasteiger partial charge in [-0.2, -0.15) is 13.2 Å². The van der Waals surface area contributed by atoms with E-state index in [1.54, 1.807) is 37.4 Å². The van der Waals surface area contributed by atoms with Crippen LogP contribution in [0.4, 0.5) is 28.2 Å². The summed E-state index contributed by atoms with van der Waals surface area (Å²) in [4.78, 5) is 13.4. The molecule has 37 heavy (non-hydrogen) atoms. The lowest BCUT2D eigenvalue weighted by Crippen LogP contribution is -2.24. The molecule has 0 radical (unpaired) electrons. The Morgan fingerprint density at radius 2 is 1.81 bits per heavy atom. The van der Waals surface area contributed by atoms with Crippen LogP contribution < -0.4 is 15.8 Å². The fourth-order valence-electron chi connectivity index (χ4n) is 4.05. The second-order valence-electron chi connectivity index (χ2n) is 8.30. The Labute approximate surface area is 212 Å². The largest absolute Gasteiger partial charge is 0.479 e. The number of nitrogens with one attached hydrogen (secondary N) is 1. The monoisotopic (exact) mass is 523 g/mol. The number of carbonyl (C=O) groups is 1. The lowest BCUT2D eigenvalue weighted by molar-refractivity contribution is -0.138. The number of anilines is 1. The first kappa shape index (κ1) is 27.9. The zero-order chi connectivity index (χ0) is 27.0. The molecule has 0 aliphatic carbocycles. The van der Waals surface area contributed by atoms with Gasteiger partial charge >= 0.3 is 12.2 Å². The average Bonchev–Trinajstić information content (AvgIpc) is 3.48. The van der Waals surface area contributed by atoms with Crippen molar-refractivity contribution in [2.45, 2.75) is 18.5 Å². The van der Waals surface area contributed by atoms with E-state index in [1.807, 2.05) is 17.4 Å². The summed E-state index contributed by atoms with van der Waals surface area (Å²) >= 11 is 0. The van der Waals surface area contributed by atoms with Crippen molar-refractivity contribution >= 4 is 11.8 Å². The molecule has 3 N–H and O–H groups in total. The SMILES string of the molecule is COCCN1CCC(c2ccc(F)cc2)C1.COc1nn(-c2ccccc2)c(NC(N)=O)c1C(F)(F)F. The van der Waals surface area contributed by atoms with E-state index in [0.29, 0.717) is 11.6 Å². The van der Waals surface area contributed by atoms with E-state index >= 15 is 0 Å². The third kappa shape index (κ3) is 7.43. The van der Waals surface area contributed by atoms with Crippen molar-refractivity contribution in [3.63, 3.8) is 0 Å². The molecule has 3 aromatic rings. The number of urea groups is 1. The highest BCUT2D eigenvalue weighted by Crippen LogP contribution is 2.42. The van der Waals surface area contributed by atoms with Gasteiger partial charge in [-0.3, -0.25) is 5.32 Å². The van der Waals surface area contributed by atoms with Crippen LogP contribution in [-0.4, -0.2) is 61.2 Å². The Balaban J connectivity index is 0.000000213. The summed E-state index contributed by atoms with van der Waals surface area (Å²) in [6, 6.07) is 13.7. The third-order valence-corrected chi connectivity index (χ3v) is 5.80. The van der Waals surface area contributed by atoms with Crippen LogP contribution in [0.5, 0.6) is 5.88 Å². The van der Waals surface area contributed by atoms with E-state index in [4.69, 9.17) is 10.5 Å². The number of nitrogens with two attached hydrogens (primary N) is 1. The predicted octanol–water partition coefficient (Wildman–Crippen LogP) is 4.65. The fourth-order valence-corrected chi connectivity index (χ4v) is 4.05. The Kier molecular flexibility index (Phi) is 9.48. The molecular formula is C25H29F4N5O3. The van der Waals surface area contributed by atoms with Crippen LogP contribution in [0.1, 0.15) is 23.5 Å². The van der Waals surface area contributed by atoms with E-state index in [2.05, 4.69) is 14.7 Å². The summed E-state index contributed by atoms with van der Waals surface area (Å²) in [5.74, 6) is -0.858. The number of amides is 2. The summed E-state index contributed by atoms with van der Waals surface area (Å²) in [5.41, 5.74) is 5.30. The van der Waals surface area contributed by atoms with E-state index in [9.17, 15) is 22.4 Å². The molecule has 8 nitrogen and oxygen atoms in total. The molecular weight excluding hydrogens is 494 g/mol. The summed E-state index contributed by atoms with van der Waals surface area (Å²) in [5, 5.41) is 5.66. The van der Waals surface area contributed by atoms with Gasteiger partial charge < -0.3 is 20.1 Å². The maximum atomic E-state index is 13.1. The van der Waals surface area contributed by atoms with E-state index in [1.165, 1.54) is 17.7 Å². The molecule has 1 aromatic heterocycles. The zero-order valence-electron chi connectivity index (χ0n) is 20.5. The van der Waals surface area contributed by atoms with Crippen molar-refractivity contribution in [2.75, 3.05) is 45.8 Å². The van der Waals surface area contributed by atoms with Gasteiger partial charge in [0.1, 0.15) is 5.82 Å². The number of halogens is 4.